The van der Waals surface area contributed by atoms with Crippen LogP contribution in [0.1, 0.15) is 32.3 Å². The molecule has 0 saturated carbocycles. The third kappa shape index (κ3) is 4.87. The van der Waals surface area contributed by atoms with Gasteiger partial charge in [-0.1, -0.05) is 19.9 Å². The van der Waals surface area contributed by atoms with Gasteiger partial charge in [-0.15, -0.1) is 0 Å². The van der Waals surface area contributed by atoms with E-state index in [1.165, 1.54) is 29.3 Å². The number of benzene rings is 1. The van der Waals surface area contributed by atoms with E-state index in [0.29, 0.717) is 0 Å². The minimum Gasteiger partial charge on any atom is -0.383 e. The van der Waals surface area contributed by atoms with Gasteiger partial charge in [0, 0.05) is 38.5 Å². The van der Waals surface area contributed by atoms with Crippen LogP contribution in [-0.4, -0.2) is 24.8 Å². The summed E-state index contributed by atoms with van der Waals surface area (Å²) in [6.45, 7) is 8.25. The van der Waals surface area contributed by atoms with E-state index >= 15 is 0 Å². The summed E-state index contributed by atoms with van der Waals surface area (Å²) in [6.07, 6.45) is 4.76. The molecule has 0 fully saturated rings. The van der Waals surface area contributed by atoms with Crippen molar-refractivity contribution in [1.29, 1.82) is 0 Å². The number of hydrogen-bond acceptors (Lipinski definition) is 2. The van der Waals surface area contributed by atoms with Gasteiger partial charge < -0.3 is 14.6 Å². The summed E-state index contributed by atoms with van der Waals surface area (Å²) in [7, 11) is 1.73. The molecule has 2 rings (SSSR count). The molecular weight excluding hydrogens is 260 g/mol. The zero-order valence-corrected chi connectivity index (χ0v) is 13.6. The van der Waals surface area contributed by atoms with E-state index in [0.717, 1.165) is 32.2 Å². The Morgan fingerprint density at radius 2 is 2.10 bits per heavy atom. The molecule has 0 aliphatic rings. The molecule has 0 amide bonds. The van der Waals surface area contributed by atoms with Crippen LogP contribution in [0.5, 0.6) is 0 Å². The maximum atomic E-state index is 5.04. The number of fused-ring (bicyclic) bond motifs is 1. The summed E-state index contributed by atoms with van der Waals surface area (Å²) in [5.41, 5.74) is 2.68. The van der Waals surface area contributed by atoms with Crippen LogP contribution in [0.15, 0.2) is 30.5 Å². The molecule has 0 aliphatic carbocycles. The van der Waals surface area contributed by atoms with E-state index in [9.17, 15) is 0 Å². The molecule has 0 aliphatic heterocycles. The van der Waals surface area contributed by atoms with Crippen molar-refractivity contribution in [3.05, 3.63) is 36.0 Å². The molecule has 116 valence electrons. The number of aryl methyl sites for hydroxylation is 1. The van der Waals surface area contributed by atoms with Gasteiger partial charge in [0.2, 0.25) is 0 Å². The molecule has 0 spiro atoms. The lowest BCUT2D eigenvalue weighted by Gasteiger charge is -2.08. The van der Waals surface area contributed by atoms with Crippen molar-refractivity contribution in [3.8, 4) is 0 Å². The Hall–Kier alpha value is -1.32. The molecule has 1 aromatic heterocycles. The van der Waals surface area contributed by atoms with Crippen molar-refractivity contribution in [2.45, 2.75) is 39.8 Å². The van der Waals surface area contributed by atoms with Gasteiger partial charge in [0.1, 0.15) is 0 Å². The summed E-state index contributed by atoms with van der Waals surface area (Å²) >= 11 is 0. The zero-order chi connectivity index (χ0) is 15.1. The van der Waals surface area contributed by atoms with Crippen molar-refractivity contribution < 1.29 is 4.74 Å². The average Bonchev–Trinajstić information content (AvgIpc) is 2.86. The summed E-state index contributed by atoms with van der Waals surface area (Å²) < 4.78 is 7.42. The smallest absolute Gasteiger partial charge is 0.0587 e. The topological polar surface area (TPSA) is 26.2 Å². The fourth-order valence-corrected chi connectivity index (χ4v) is 2.63. The summed E-state index contributed by atoms with van der Waals surface area (Å²) in [5.74, 6) is 0.789. The highest BCUT2D eigenvalue weighted by Crippen LogP contribution is 2.19. The Bertz CT molecular complexity index is 545. The van der Waals surface area contributed by atoms with Crippen LogP contribution in [0, 0.1) is 5.92 Å². The highest BCUT2D eigenvalue weighted by atomic mass is 16.5. The van der Waals surface area contributed by atoms with Crippen molar-refractivity contribution in [2.24, 2.45) is 5.92 Å². The van der Waals surface area contributed by atoms with Crippen molar-refractivity contribution in [3.63, 3.8) is 0 Å². The number of methoxy groups -OCH3 is 1. The highest BCUT2D eigenvalue weighted by Gasteiger charge is 2.03. The van der Waals surface area contributed by atoms with E-state index in [-0.39, 0.29) is 0 Å². The second-order valence-electron chi connectivity index (χ2n) is 6.11. The van der Waals surface area contributed by atoms with Gasteiger partial charge in [0.05, 0.1) is 6.61 Å². The third-order valence-electron chi connectivity index (χ3n) is 3.83. The number of hydrogen-bond donors (Lipinski definition) is 1. The van der Waals surface area contributed by atoms with Crippen LogP contribution in [0.25, 0.3) is 10.9 Å². The largest absolute Gasteiger partial charge is 0.383 e. The van der Waals surface area contributed by atoms with Gasteiger partial charge in [-0.05, 0) is 47.9 Å². The molecule has 21 heavy (non-hydrogen) atoms. The molecule has 0 unspecified atom stereocenters. The molecule has 2 aromatic rings. The van der Waals surface area contributed by atoms with E-state index in [2.05, 4.69) is 54.2 Å². The Labute approximate surface area is 128 Å². The van der Waals surface area contributed by atoms with Gasteiger partial charge >= 0.3 is 0 Å². The number of aromatic nitrogens is 1. The Morgan fingerprint density at radius 3 is 2.86 bits per heavy atom. The summed E-state index contributed by atoms with van der Waals surface area (Å²) in [4.78, 5) is 0. The third-order valence-corrected chi connectivity index (χ3v) is 3.83. The lowest BCUT2D eigenvalue weighted by Crippen LogP contribution is -2.18. The molecule has 0 saturated heterocycles. The Morgan fingerprint density at radius 1 is 1.24 bits per heavy atom. The van der Waals surface area contributed by atoms with E-state index in [4.69, 9.17) is 4.74 Å². The molecule has 3 heteroatoms. The summed E-state index contributed by atoms with van der Waals surface area (Å²) in [6, 6.07) is 8.98. The van der Waals surface area contributed by atoms with Gasteiger partial charge in [-0.2, -0.15) is 0 Å². The van der Waals surface area contributed by atoms with E-state index < -0.39 is 0 Å². The molecule has 1 N–H and O–H groups in total. The van der Waals surface area contributed by atoms with Crippen LogP contribution in [0.2, 0.25) is 0 Å². The second kappa shape index (κ2) is 8.20. The molecule has 1 heterocycles. The first-order valence-electron chi connectivity index (χ1n) is 7.98. The normalized spacial score (nSPS) is 11.6. The lowest BCUT2D eigenvalue weighted by molar-refractivity contribution is 0.199. The number of rotatable bonds is 9. The first-order valence-corrected chi connectivity index (χ1v) is 7.98. The average molecular weight is 288 g/mol. The number of ether oxygens (including phenoxy) is 1. The standard InChI is InChI=1S/C18H28N2O/c1-15(2)5-4-10-20-11-8-17-13-16(6-7-18(17)20)14-19-9-12-21-3/h6-8,11,13,15,19H,4-5,9-10,12,14H2,1-3H3. The van der Waals surface area contributed by atoms with Gasteiger partial charge in [-0.25, -0.2) is 0 Å². The molecule has 3 nitrogen and oxygen atoms in total. The molecule has 0 bridgehead atoms. The predicted molar refractivity (Wildman–Crippen MR) is 89.6 cm³/mol. The van der Waals surface area contributed by atoms with Crippen LogP contribution >= 0.6 is 0 Å². The number of nitrogens with zero attached hydrogens (tertiary/aromatic N) is 1. The summed E-state index contributed by atoms with van der Waals surface area (Å²) in [5, 5.41) is 4.73. The minimum absolute atomic E-state index is 0.758. The number of nitrogens with one attached hydrogen (secondary N) is 1. The fourth-order valence-electron chi connectivity index (χ4n) is 2.63. The van der Waals surface area contributed by atoms with Gasteiger partial charge in [0.15, 0.2) is 0 Å². The quantitative estimate of drug-likeness (QED) is 0.710. The Balaban J connectivity index is 1.94. The maximum Gasteiger partial charge on any atom is 0.0587 e. The van der Waals surface area contributed by atoms with Crippen LogP contribution in [-0.2, 0) is 17.8 Å². The van der Waals surface area contributed by atoms with Crippen LogP contribution in [0.4, 0.5) is 0 Å². The molecular formula is C18H28N2O. The fraction of sp³-hybridized carbons (Fsp3) is 0.556. The lowest BCUT2D eigenvalue weighted by atomic mass is 10.1. The Kier molecular flexibility index (Phi) is 6.27. The predicted octanol–water partition coefficient (Wildman–Crippen LogP) is 3.81. The van der Waals surface area contributed by atoms with Gasteiger partial charge in [0.25, 0.3) is 0 Å². The SMILES string of the molecule is COCCNCc1ccc2c(ccn2CCCC(C)C)c1. The first-order chi connectivity index (χ1) is 10.2. The van der Waals surface area contributed by atoms with Crippen LogP contribution in [0.3, 0.4) is 0 Å². The van der Waals surface area contributed by atoms with Crippen molar-refractivity contribution in [2.75, 3.05) is 20.3 Å². The van der Waals surface area contributed by atoms with E-state index in [1.807, 2.05) is 0 Å². The van der Waals surface area contributed by atoms with Crippen molar-refractivity contribution in [1.82, 2.24) is 9.88 Å². The highest BCUT2D eigenvalue weighted by molar-refractivity contribution is 5.80. The maximum absolute atomic E-state index is 5.04. The monoisotopic (exact) mass is 288 g/mol. The molecule has 0 atom stereocenters. The van der Waals surface area contributed by atoms with Crippen molar-refractivity contribution >= 4 is 10.9 Å². The minimum atomic E-state index is 0.758. The van der Waals surface area contributed by atoms with Crippen LogP contribution < -0.4 is 5.32 Å². The first kappa shape index (κ1) is 16.1. The van der Waals surface area contributed by atoms with E-state index in [1.54, 1.807) is 7.11 Å². The molecule has 1 aromatic carbocycles. The zero-order valence-electron chi connectivity index (χ0n) is 13.6. The second-order valence-corrected chi connectivity index (χ2v) is 6.11. The molecule has 0 radical (unpaired) electrons. The van der Waals surface area contributed by atoms with Gasteiger partial charge in [-0.3, -0.25) is 0 Å².